The molecule has 0 aliphatic heterocycles. The van der Waals surface area contributed by atoms with Gasteiger partial charge in [0, 0.05) is 13.1 Å². The summed E-state index contributed by atoms with van der Waals surface area (Å²) in [6, 6.07) is 16.5. The van der Waals surface area contributed by atoms with E-state index in [9.17, 15) is 4.79 Å². The van der Waals surface area contributed by atoms with Crippen LogP contribution in [-0.2, 0) is 17.9 Å². The fourth-order valence-corrected chi connectivity index (χ4v) is 3.07. The Morgan fingerprint density at radius 2 is 1.75 bits per heavy atom. The molecule has 2 N–H and O–H groups in total. The van der Waals surface area contributed by atoms with Crippen LogP contribution in [0.25, 0.3) is 11.0 Å². The number of hydrogen-bond donors (Lipinski definition) is 2. The molecule has 1 aliphatic carbocycles. The molecule has 1 heterocycles. The summed E-state index contributed by atoms with van der Waals surface area (Å²) >= 11 is 0. The molecule has 0 radical (unpaired) electrons. The summed E-state index contributed by atoms with van der Waals surface area (Å²) in [6.07, 6.45) is 4.49. The number of benzene rings is 2. The quantitative estimate of drug-likeness (QED) is 0.585. The van der Waals surface area contributed by atoms with Crippen LogP contribution in [-0.4, -0.2) is 28.5 Å². The maximum atomic E-state index is 11.8. The van der Waals surface area contributed by atoms with Gasteiger partial charge >= 0.3 is 0 Å². The molecule has 1 amide bonds. The van der Waals surface area contributed by atoms with Gasteiger partial charge in [0.05, 0.1) is 23.9 Å². The van der Waals surface area contributed by atoms with E-state index in [-0.39, 0.29) is 30.7 Å². The average Bonchev–Trinajstić information content (AvgIpc) is 3.41. The van der Waals surface area contributed by atoms with Gasteiger partial charge in [0.25, 0.3) is 0 Å². The zero-order valence-electron chi connectivity index (χ0n) is 15.6. The molecule has 1 fully saturated rings. The minimum absolute atomic E-state index is 0. The molecule has 150 valence electrons. The zero-order valence-corrected chi connectivity index (χ0v) is 17.3. The summed E-state index contributed by atoms with van der Waals surface area (Å²) in [4.78, 5) is 16.3. The Labute approximate surface area is 177 Å². The molecule has 1 aromatic heterocycles. The van der Waals surface area contributed by atoms with Crippen LogP contribution in [0.4, 0.5) is 0 Å². The molecule has 0 unspecified atom stereocenters. The summed E-state index contributed by atoms with van der Waals surface area (Å²) in [5.74, 6) is 0.850. The number of halogens is 2. The Bertz CT molecular complexity index is 891. The van der Waals surface area contributed by atoms with Crippen molar-refractivity contribution in [2.75, 3.05) is 13.1 Å². The fraction of sp³-hybridized carbons (Fsp3) is 0.333. The van der Waals surface area contributed by atoms with E-state index in [0.717, 1.165) is 35.6 Å². The summed E-state index contributed by atoms with van der Waals surface area (Å²) in [6.45, 7) is 2.73. The highest BCUT2D eigenvalue weighted by molar-refractivity contribution is 5.85. The van der Waals surface area contributed by atoms with Crippen molar-refractivity contribution in [2.45, 2.75) is 25.9 Å². The first-order valence-corrected chi connectivity index (χ1v) is 9.23. The Kier molecular flexibility index (Phi) is 8.30. The monoisotopic (exact) mass is 420 g/mol. The number of nitrogens with zero attached hydrogens (tertiary/aromatic N) is 2. The Hall–Kier alpha value is -2.08. The van der Waals surface area contributed by atoms with E-state index in [4.69, 9.17) is 0 Å². The van der Waals surface area contributed by atoms with Crippen molar-refractivity contribution in [1.29, 1.82) is 0 Å². The van der Waals surface area contributed by atoms with Crippen molar-refractivity contribution in [3.63, 3.8) is 0 Å². The van der Waals surface area contributed by atoms with Crippen LogP contribution in [0.2, 0.25) is 0 Å². The number of rotatable bonds is 8. The van der Waals surface area contributed by atoms with Crippen LogP contribution >= 0.6 is 24.8 Å². The summed E-state index contributed by atoms with van der Waals surface area (Å²) < 4.78 is 2.15. The molecule has 2 aromatic carbocycles. The maximum absolute atomic E-state index is 11.8. The molecule has 28 heavy (non-hydrogen) atoms. The van der Waals surface area contributed by atoms with Crippen LogP contribution in [0.15, 0.2) is 54.9 Å². The van der Waals surface area contributed by atoms with Gasteiger partial charge in [-0.1, -0.05) is 36.4 Å². The standard InChI is InChI=1S/C21H24N4O.2ClH/c26-21(13-22-11-16-5-6-16)23-12-17-7-9-18(10-8-17)14-25-15-24-19-3-1-2-4-20(19)25;;/h1-4,7-10,15-16,22H,5-6,11-14H2,(H,23,26);2*1H. The molecule has 1 aliphatic rings. The lowest BCUT2D eigenvalue weighted by atomic mass is 10.1. The van der Waals surface area contributed by atoms with Gasteiger partial charge in [-0.05, 0) is 48.6 Å². The third-order valence-electron chi connectivity index (χ3n) is 4.81. The lowest BCUT2D eigenvalue weighted by Crippen LogP contribution is -2.34. The van der Waals surface area contributed by atoms with Gasteiger partial charge in [0.15, 0.2) is 0 Å². The van der Waals surface area contributed by atoms with E-state index in [1.54, 1.807) is 0 Å². The van der Waals surface area contributed by atoms with E-state index < -0.39 is 0 Å². The first-order valence-electron chi connectivity index (χ1n) is 9.23. The number of aromatic nitrogens is 2. The SMILES string of the molecule is Cl.Cl.O=C(CNCC1CC1)NCc1ccc(Cn2cnc3ccccc32)cc1. The Morgan fingerprint density at radius 3 is 2.50 bits per heavy atom. The van der Waals surface area contributed by atoms with Gasteiger partial charge < -0.3 is 15.2 Å². The second kappa shape index (κ2) is 10.5. The third-order valence-corrected chi connectivity index (χ3v) is 4.81. The molecule has 4 rings (SSSR count). The van der Waals surface area contributed by atoms with E-state index in [2.05, 4.69) is 50.5 Å². The molecule has 5 nitrogen and oxygen atoms in total. The number of para-hydroxylation sites is 2. The van der Waals surface area contributed by atoms with Crippen molar-refractivity contribution < 1.29 is 4.79 Å². The van der Waals surface area contributed by atoms with Gasteiger partial charge in [-0.15, -0.1) is 24.8 Å². The highest BCUT2D eigenvalue weighted by Gasteiger charge is 2.20. The highest BCUT2D eigenvalue weighted by atomic mass is 35.5. The van der Waals surface area contributed by atoms with E-state index in [0.29, 0.717) is 13.1 Å². The molecule has 1 saturated carbocycles. The van der Waals surface area contributed by atoms with Crippen molar-refractivity contribution >= 4 is 41.8 Å². The van der Waals surface area contributed by atoms with E-state index in [1.165, 1.54) is 18.4 Å². The number of amides is 1. The number of hydrogen-bond acceptors (Lipinski definition) is 3. The molecule has 7 heteroatoms. The van der Waals surface area contributed by atoms with Crippen LogP contribution in [0, 0.1) is 5.92 Å². The van der Waals surface area contributed by atoms with Gasteiger partial charge in [-0.3, -0.25) is 4.79 Å². The largest absolute Gasteiger partial charge is 0.351 e. The van der Waals surface area contributed by atoms with Crippen molar-refractivity contribution in [1.82, 2.24) is 20.2 Å². The van der Waals surface area contributed by atoms with Gasteiger partial charge in [0.1, 0.15) is 0 Å². The number of imidazole rings is 1. The summed E-state index contributed by atoms with van der Waals surface area (Å²) in [5, 5.41) is 6.18. The molecule has 0 spiro atoms. The predicted molar refractivity (Wildman–Crippen MR) is 117 cm³/mol. The van der Waals surface area contributed by atoms with Crippen LogP contribution in [0.5, 0.6) is 0 Å². The molecule has 0 bridgehead atoms. The Morgan fingerprint density at radius 1 is 1.04 bits per heavy atom. The molecular weight excluding hydrogens is 395 g/mol. The number of fused-ring (bicyclic) bond motifs is 1. The number of carbonyl (C=O) groups excluding carboxylic acids is 1. The second-order valence-electron chi connectivity index (χ2n) is 7.03. The van der Waals surface area contributed by atoms with Crippen molar-refractivity contribution in [3.05, 3.63) is 66.0 Å². The normalized spacial score (nSPS) is 12.9. The van der Waals surface area contributed by atoms with E-state index in [1.807, 2.05) is 24.5 Å². The molecular formula is C21H26Cl2N4O. The maximum Gasteiger partial charge on any atom is 0.234 e. The van der Waals surface area contributed by atoms with Crippen LogP contribution < -0.4 is 10.6 Å². The molecule has 3 aromatic rings. The molecule has 0 saturated heterocycles. The number of carbonyl (C=O) groups is 1. The zero-order chi connectivity index (χ0) is 17.8. The van der Waals surface area contributed by atoms with Crippen molar-refractivity contribution in [2.24, 2.45) is 5.92 Å². The summed E-state index contributed by atoms with van der Waals surface area (Å²) in [7, 11) is 0. The smallest absolute Gasteiger partial charge is 0.234 e. The topological polar surface area (TPSA) is 59.0 Å². The predicted octanol–water partition coefficient (Wildman–Crippen LogP) is 3.54. The minimum Gasteiger partial charge on any atom is -0.351 e. The lowest BCUT2D eigenvalue weighted by molar-refractivity contribution is -0.120. The fourth-order valence-electron chi connectivity index (χ4n) is 3.07. The molecule has 0 atom stereocenters. The summed E-state index contributed by atoms with van der Waals surface area (Å²) in [5.41, 5.74) is 4.48. The van der Waals surface area contributed by atoms with Gasteiger partial charge in [-0.25, -0.2) is 4.98 Å². The van der Waals surface area contributed by atoms with Crippen LogP contribution in [0.1, 0.15) is 24.0 Å². The van der Waals surface area contributed by atoms with E-state index >= 15 is 0 Å². The van der Waals surface area contributed by atoms with Crippen LogP contribution in [0.3, 0.4) is 0 Å². The average molecular weight is 421 g/mol. The lowest BCUT2D eigenvalue weighted by Gasteiger charge is -2.08. The van der Waals surface area contributed by atoms with Gasteiger partial charge in [-0.2, -0.15) is 0 Å². The van der Waals surface area contributed by atoms with Gasteiger partial charge in [0.2, 0.25) is 5.91 Å². The highest BCUT2D eigenvalue weighted by Crippen LogP contribution is 2.27. The number of nitrogens with one attached hydrogen (secondary N) is 2. The third kappa shape index (κ3) is 5.96. The first kappa shape index (κ1) is 22.2. The first-order chi connectivity index (χ1) is 12.8. The Balaban J connectivity index is 0.00000140. The van der Waals surface area contributed by atoms with Crippen molar-refractivity contribution in [3.8, 4) is 0 Å². The minimum atomic E-state index is 0. The second-order valence-corrected chi connectivity index (χ2v) is 7.03.